The van der Waals surface area contributed by atoms with E-state index in [0.29, 0.717) is 19.5 Å². The van der Waals surface area contributed by atoms with Crippen molar-refractivity contribution < 1.29 is 22.3 Å². The van der Waals surface area contributed by atoms with Crippen LogP contribution in [0.15, 0.2) is 47.4 Å². The maximum Gasteiger partial charge on any atom is 0.124 e. The van der Waals surface area contributed by atoms with Crippen LogP contribution in [0.5, 0.6) is 5.75 Å². The molecule has 0 spiro atoms. The van der Waals surface area contributed by atoms with Gasteiger partial charge in [0.05, 0.1) is 4.90 Å². The van der Waals surface area contributed by atoms with Crippen molar-refractivity contribution in [3.8, 4) is 5.75 Å². The summed E-state index contributed by atoms with van der Waals surface area (Å²) in [6.45, 7) is 5.77. The maximum atomic E-state index is 10.3. The minimum Gasteiger partial charge on any atom is -0.744 e. The molecule has 1 aromatic heterocycles. The molecule has 0 unspecified atom stereocenters. The average molecular weight is 671 g/mol. The second kappa shape index (κ2) is 20.5. The number of halogens is 1. The molecule has 230 valence electrons. The quantitative estimate of drug-likeness (QED) is 0.0552. The van der Waals surface area contributed by atoms with Crippen LogP contribution in [0.1, 0.15) is 114 Å². The minimum atomic E-state index is -4.33. The van der Waals surface area contributed by atoms with Crippen molar-refractivity contribution >= 4 is 46.0 Å². The van der Waals surface area contributed by atoms with Gasteiger partial charge in [-0.05, 0) is 24.3 Å². The van der Waals surface area contributed by atoms with Crippen molar-refractivity contribution in [2.75, 3.05) is 7.11 Å². The number of aromatic nitrogens is 1. The molecule has 3 aromatic rings. The molecule has 0 aliphatic carbocycles. The van der Waals surface area contributed by atoms with Gasteiger partial charge in [-0.3, -0.25) is 0 Å². The standard InChI is InChI=1S/C27H46NOSe.C6H5ClO3S/c1-4-5-6-7-8-9-10-11-12-13-14-15-16-17-18-19-22-28-24(2)30-27-21-20-25(29-3)23-26(27)28;7-5-1-3-6(4-2-5)11(8,9)10/h20-21,23H,4-19,22H2,1-3H3;1-4H,(H,8,9,10)/q+1;/p-1. The Morgan fingerprint density at radius 1 is 0.780 bits per heavy atom. The Labute approximate surface area is 260 Å². The SMILES string of the molecule is CCCCCCCCCCCCCCCCCC[n+]1c(C)[se]c2ccc(OC)cc21.O=S(=O)([O-])c1ccc(Cl)cc1. The molecule has 2 aromatic carbocycles. The summed E-state index contributed by atoms with van der Waals surface area (Å²) in [4.78, 5) is -0.262. The van der Waals surface area contributed by atoms with Crippen LogP contribution in [0, 0.1) is 6.92 Å². The van der Waals surface area contributed by atoms with Gasteiger partial charge in [-0.25, -0.2) is 8.42 Å². The molecule has 3 rings (SSSR count). The molecular weight excluding hydrogens is 621 g/mol. The molecule has 0 bridgehead atoms. The zero-order chi connectivity index (χ0) is 29.9. The van der Waals surface area contributed by atoms with Crippen LogP contribution < -0.4 is 9.30 Å². The Kier molecular flexibility index (Phi) is 17.9. The Hall–Kier alpha value is -1.37. The predicted octanol–water partition coefficient (Wildman–Crippen LogP) is 9.01. The Balaban J connectivity index is 0.000000446. The number of fused-ring (bicyclic) bond motifs is 1. The van der Waals surface area contributed by atoms with Crippen LogP contribution in [0.2, 0.25) is 5.02 Å². The summed E-state index contributed by atoms with van der Waals surface area (Å²) in [7, 11) is -2.57. The third kappa shape index (κ3) is 14.6. The van der Waals surface area contributed by atoms with E-state index < -0.39 is 10.1 Å². The summed E-state index contributed by atoms with van der Waals surface area (Å²) in [6.07, 6.45) is 22.9. The first-order valence-electron chi connectivity index (χ1n) is 15.4. The first-order valence-corrected chi connectivity index (χ1v) is 18.9. The molecule has 41 heavy (non-hydrogen) atoms. The first kappa shape index (κ1) is 35.8. The summed E-state index contributed by atoms with van der Waals surface area (Å²) in [5, 5.41) is 0.400. The molecular formula is C33H50ClNO4SSe. The smallest absolute Gasteiger partial charge is 0.124 e. The van der Waals surface area contributed by atoms with E-state index >= 15 is 0 Å². The summed E-state index contributed by atoms with van der Waals surface area (Å²) >= 11 is 5.96. The molecule has 1 heterocycles. The van der Waals surface area contributed by atoms with E-state index in [2.05, 4.69) is 36.6 Å². The first-order chi connectivity index (χ1) is 19.8. The Bertz CT molecular complexity index is 1230. The summed E-state index contributed by atoms with van der Waals surface area (Å²) in [5.41, 5.74) is 1.40. The number of hydrogen-bond donors (Lipinski definition) is 0. The fraction of sp³-hybridized carbons (Fsp3) is 0.606. The largest absolute Gasteiger partial charge is 0.744 e. The number of methoxy groups -OCH3 is 1. The second-order valence-corrected chi connectivity index (χ2v) is 15.2. The number of rotatable bonds is 19. The van der Waals surface area contributed by atoms with E-state index in [1.165, 1.54) is 143 Å². The number of benzene rings is 2. The van der Waals surface area contributed by atoms with Gasteiger partial charge in [0.1, 0.15) is 10.1 Å². The number of unbranched alkanes of at least 4 members (excludes halogenated alkanes) is 15. The van der Waals surface area contributed by atoms with E-state index in [9.17, 15) is 13.0 Å². The van der Waals surface area contributed by atoms with Crippen molar-refractivity contribution in [1.29, 1.82) is 0 Å². The predicted molar refractivity (Wildman–Crippen MR) is 171 cm³/mol. The van der Waals surface area contributed by atoms with Crippen molar-refractivity contribution in [2.24, 2.45) is 0 Å². The van der Waals surface area contributed by atoms with Gasteiger partial charge >= 0.3 is 140 Å². The van der Waals surface area contributed by atoms with Gasteiger partial charge in [-0.2, -0.15) is 0 Å². The minimum absolute atomic E-state index is 0.262. The molecule has 0 atom stereocenters. The van der Waals surface area contributed by atoms with Crippen LogP contribution in [-0.4, -0.2) is 34.6 Å². The summed E-state index contributed by atoms with van der Waals surface area (Å²) < 4.78 is 42.1. The topological polar surface area (TPSA) is 70.3 Å². The fourth-order valence-electron chi connectivity index (χ4n) is 5.00. The van der Waals surface area contributed by atoms with E-state index in [1.54, 1.807) is 11.7 Å². The van der Waals surface area contributed by atoms with Crippen molar-refractivity contribution in [3.05, 3.63) is 52.1 Å². The molecule has 5 nitrogen and oxygen atoms in total. The van der Waals surface area contributed by atoms with Crippen molar-refractivity contribution in [2.45, 2.75) is 128 Å². The molecule has 0 aliphatic rings. The van der Waals surface area contributed by atoms with Gasteiger partial charge in [0.15, 0.2) is 0 Å². The van der Waals surface area contributed by atoms with Crippen molar-refractivity contribution in [1.82, 2.24) is 0 Å². The monoisotopic (exact) mass is 671 g/mol. The van der Waals surface area contributed by atoms with E-state index in [4.69, 9.17) is 16.3 Å². The zero-order valence-corrected chi connectivity index (χ0v) is 28.6. The number of ether oxygens (including phenoxy) is 1. The normalized spacial score (nSPS) is 11.4. The third-order valence-corrected chi connectivity index (χ3v) is 10.8. The van der Waals surface area contributed by atoms with Gasteiger partial charge in [-0.15, -0.1) is 0 Å². The average Bonchev–Trinajstić information content (AvgIpc) is 3.26. The third-order valence-electron chi connectivity index (χ3n) is 7.43. The van der Waals surface area contributed by atoms with Crippen LogP contribution >= 0.6 is 11.6 Å². The molecule has 0 radical (unpaired) electrons. The van der Waals surface area contributed by atoms with Gasteiger partial charge < -0.3 is 4.55 Å². The van der Waals surface area contributed by atoms with Gasteiger partial charge in [0.25, 0.3) is 0 Å². The Morgan fingerprint density at radius 3 is 1.73 bits per heavy atom. The summed E-state index contributed by atoms with van der Waals surface area (Å²) in [5.74, 6) is 0.983. The number of aryl methyl sites for hydroxylation is 2. The maximum absolute atomic E-state index is 10.3. The Morgan fingerprint density at radius 2 is 1.27 bits per heavy atom. The molecule has 0 N–H and O–H groups in total. The molecule has 8 heteroatoms. The zero-order valence-electron chi connectivity index (χ0n) is 25.3. The number of hydrogen-bond acceptors (Lipinski definition) is 4. The molecule has 0 aliphatic heterocycles. The van der Waals surface area contributed by atoms with Crippen LogP contribution in [0.3, 0.4) is 0 Å². The van der Waals surface area contributed by atoms with Gasteiger partial charge in [0.2, 0.25) is 0 Å². The fourth-order valence-corrected chi connectivity index (χ4v) is 7.75. The van der Waals surface area contributed by atoms with Crippen LogP contribution in [0.4, 0.5) is 0 Å². The molecule has 0 fully saturated rings. The molecule has 0 saturated carbocycles. The van der Waals surface area contributed by atoms with Gasteiger partial charge in [-0.1, -0.05) is 63.5 Å². The van der Waals surface area contributed by atoms with Crippen molar-refractivity contribution in [3.63, 3.8) is 0 Å². The van der Waals surface area contributed by atoms with E-state index in [1.807, 2.05) is 0 Å². The van der Waals surface area contributed by atoms with E-state index in [0.717, 1.165) is 5.75 Å². The molecule has 0 amide bonds. The van der Waals surface area contributed by atoms with Crippen LogP contribution in [-0.2, 0) is 16.7 Å². The van der Waals surface area contributed by atoms with Crippen LogP contribution in [0.25, 0.3) is 9.78 Å². The van der Waals surface area contributed by atoms with E-state index in [-0.39, 0.29) is 4.90 Å². The summed E-state index contributed by atoms with van der Waals surface area (Å²) in [6, 6.07) is 11.6. The second-order valence-electron chi connectivity index (χ2n) is 10.8. The number of nitrogens with zero attached hydrogens (tertiary/aromatic N) is 1. The van der Waals surface area contributed by atoms with Gasteiger partial charge in [0, 0.05) is 5.02 Å². The molecule has 0 saturated heterocycles.